The van der Waals surface area contributed by atoms with Gasteiger partial charge in [-0.1, -0.05) is 216 Å². The van der Waals surface area contributed by atoms with Gasteiger partial charge in [-0.05, 0) is 223 Å². The van der Waals surface area contributed by atoms with Gasteiger partial charge in [0, 0.05) is 53.9 Å². The van der Waals surface area contributed by atoms with Crippen molar-refractivity contribution >= 4 is 34.0 Å². The molecule has 3 heterocycles. The van der Waals surface area contributed by atoms with Gasteiger partial charge in [-0.3, -0.25) is 0 Å². The highest BCUT2D eigenvalue weighted by atomic mass is 28.4. The molecule has 0 amide bonds. The van der Waals surface area contributed by atoms with Crippen LogP contribution in [0.25, 0.3) is 34.2 Å². The van der Waals surface area contributed by atoms with E-state index in [1.165, 1.54) is 183 Å². The smallest absolute Gasteiger partial charge is 0.173 e. The topological polar surface area (TPSA) is 123 Å². The zero-order valence-corrected chi connectivity index (χ0v) is 71.5. The average molecular weight is 1480 g/mol. The second-order valence-electron chi connectivity index (χ2n) is 31.0. The number of hydrogen-bond acceptors (Lipinski definition) is 11. The van der Waals surface area contributed by atoms with Gasteiger partial charge < -0.3 is 22.4 Å². The summed E-state index contributed by atoms with van der Waals surface area (Å²) < 4.78 is 30.5. The predicted molar refractivity (Wildman–Crippen MR) is 456 cm³/mol. The lowest BCUT2D eigenvalue weighted by molar-refractivity contribution is 0.314. The molecule has 0 fully saturated rings. The van der Waals surface area contributed by atoms with Crippen LogP contribution in [0.3, 0.4) is 0 Å². The molecule has 576 valence electrons. The first-order valence-corrected chi connectivity index (χ1v) is 52.5. The molecule has 0 N–H and O–H groups in total. The van der Waals surface area contributed by atoms with Crippen LogP contribution in [0.5, 0.6) is 17.2 Å². The van der Waals surface area contributed by atoms with Crippen molar-refractivity contribution in [2.24, 2.45) is 11.8 Å². The summed E-state index contributed by atoms with van der Waals surface area (Å²) in [7, 11) is -5.70. The molecule has 0 aliphatic heterocycles. The third-order valence-corrected chi connectivity index (χ3v) is 31.5. The van der Waals surface area contributed by atoms with Gasteiger partial charge in [0.05, 0.1) is 13.2 Å². The van der Waals surface area contributed by atoms with Gasteiger partial charge >= 0.3 is 0 Å². The SMILES string of the molecule is C.C=CC(C)C.C=CCOc1ccc(-c2ncc(CCCCCCCCCC)cn2)cc1.CCCCCCCCCCc1cnc(-c2ccc(OCCC[Si](C)(C)O[SiH](C)C)cc2)nc1.CCCCCCCCCCc1cnc(-c2ccc(OCCC[Si](C)(C)O[Si](C)(C)CCC(C)C)cc2)nc1. The van der Waals surface area contributed by atoms with E-state index < -0.39 is 34.0 Å². The number of allylic oxidation sites excluding steroid dienone is 1. The van der Waals surface area contributed by atoms with Crippen molar-refractivity contribution in [1.82, 2.24) is 29.9 Å². The number of rotatable bonds is 51. The number of benzene rings is 3. The molecular weight excluding hydrogens is 1330 g/mol. The summed E-state index contributed by atoms with van der Waals surface area (Å²) in [5, 5.41) is 0. The summed E-state index contributed by atoms with van der Waals surface area (Å²) >= 11 is 0. The van der Waals surface area contributed by atoms with E-state index in [-0.39, 0.29) is 7.43 Å². The number of ether oxygens (including phenoxy) is 3. The first-order chi connectivity index (χ1) is 49.1. The molecule has 3 aromatic carbocycles. The maximum atomic E-state index is 6.76. The van der Waals surface area contributed by atoms with Crippen molar-refractivity contribution in [3.63, 3.8) is 0 Å². The summed E-state index contributed by atoms with van der Waals surface area (Å²) in [6.45, 7) is 43.5. The third-order valence-electron chi connectivity index (χ3n) is 18.1. The number of aryl methyl sites for hydroxylation is 3. The highest BCUT2D eigenvalue weighted by molar-refractivity contribution is 6.84. The lowest BCUT2D eigenvalue weighted by Crippen LogP contribution is -2.44. The van der Waals surface area contributed by atoms with E-state index in [0.717, 1.165) is 115 Å². The Morgan fingerprint density at radius 2 is 0.670 bits per heavy atom. The van der Waals surface area contributed by atoms with E-state index in [2.05, 4.69) is 168 Å². The highest BCUT2D eigenvalue weighted by Gasteiger charge is 2.32. The Labute approximate surface area is 636 Å². The Hall–Kier alpha value is -5.43. The fourth-order valence-corrected chi connectivity index (χ4v) is 27.7. The van der Waals surface area contributed by atoms with Crippen molar-refractivity contribution in [2.45, 2.75) is 319 Å². The molecule has 103 heavy (non-hydrogen) atoms. The molecule has 0 atom stereocenters. The summed E-state index contributed by atoms with van der Waals surface area (Å²) in [5.41, 5.74) is 6.78. The Morgan fingerprint density at radius 3 is 0.951 bits per heavy atom. The van der Waals surface area contributed by atoms with Gasteiger partial charge in [0.1, 0.15) is 23.9 Å². The van der Waals surface area contributed by atoms with Crippen molar-refractivity contribution in [3.05, 3.63) is 152 Å². The third kappa shape index (κ3) is 47.0. The zero-order valence-electron chi connectivity index (χ0n) is 67.4. The van der Waals surface area contributed by atoms with Crippen molar-refractivity contribution < 1.29 is 22.4 Å². The normalized spacial score (nSPS) is 11.4. The van der Waals surface area contributed by atoms with Crippen LogP contribution in [0.15, 0.2) is 135 Å². The van der Waals surface area contributed by atoms with Crippen molar-refractivity contribution in [1.29, 1.82) is 0 Å². The second-order valence-corrected chi connectivity index (χ2v) is 46.9. The highest BCUT2D eigenvalue weighted by Crippen LogP contribution is 2.28. The molecule has 6 rings (SSSR count). The monoisotopic (exact) mass is 1480 g/mol. The van der Waals surface area contributed by atoms with E-state index in [9.17, 15) is 0 Å². The van der Waals surface area contributed by atoms with Crippen LogP contribution in [0.4, 0.5) is 0 Å². The molecule has 0 saturated carbocycles. The predicted octanol–water partition coefficient (Wildman–Crippen LogP) is 26.7. The summed E-state index contributed by atoms with van der Waals surface area (Å²) in [6.07, 6.45) is 54.4. The van der Waals surface area contributed by atoms with Gasteiger partial charge in [-0.15, -0.1) is 6.58 Å². The molecule has 0 radical (unpaired) electrons. The maximum Gasteiger partial charge on any atom is 0.173 e. The van der Waals surface area contributed by atoms with Crippen LogP contribution in [-0.4, -0.2) is 83.7 Å². The van der Waals surface area contributed by atoms with Gasteiger partial charge in [0.2, 0.25) is 0 Å². The molecule has 0 aliphatic rings. The van der Waals surface area contributed by atoms with E-state index in [1.54, 1.807) is 6.08 Å². The summed E-state index contributed by atoms with van der Waals surface area (Å²) in [5.74, 6) is 6.38. The Kier molecular flexibility index (Phi) is 51.7. The Balaban J connectivity index is 0.000000512. The Bertz CT molecular complexity index is 3000. The molecule has 15 heteroatoms. The molecule has 6 aromatic rings. The molecule has 11 nitrogen and oxygen atoms in total. The Morgan fingerprint density at radius 1 is 0.388 bits per heavy atom. The first kappa shape index (κ1) is 93.6. The lowest BCUT2D eigenvalue weighted by Gasteiger charge is -2.34. The maximum absolute atomic E-state index is 6.76. The van der Waals surface area contributed by atoms with Crippen LogP contribution in [0.1, 0.15) is 246 Å². The number of aromatic nitrogens is 6. The minimum Gasteiger partial charge on any atom is -0.494 e. The molecule has 0 bridgehead atoms. The quantitative estimate of drug-likeness (QED) is 0.0206. The van der Waals surface area contributed by atoms with E-state index >= 15 is 0 Å². The van der Waals surface area contributed by atoms with Crippen LogP contribution in [-0.2, 0) is 27.5 Å². The van der Waals surface area contributed by atoms with Gasteiger partial charge in [0.25, 0.3) is 0 Å². The molecular formula is C88H148N6O5Si4. The summed E-state index contributed by atoms with van der Waals surface area (Å²) in [6, 6.07) is 27.8. The van der Waals surface area contributed by atoms with Gasteiger partial charge in [-0.25, -0.2) is 29.9 Å². The fourth-order valence-electron chi connectivity index (χ4n) is 12.1. The van der Waals surface area contributed by atoms with Gasteiger partial charge in [-0.2, -0.15) is 0 Å². The van der Waals surface area contributed by atoms with E-state index in [1.807, 2.05) is 91.8 Å². The average Bonchev–Trinajstić information content (AvgIpc) is 0.873. The first-order valence-electron chi connectivity index (χ1n) is 40.3. The van der Waals surface area contributed by atoms with E-state index in [0.29, 0.717) is 12.5 Å². The van der Waals surface area contributed by atoms with Crippen molar-refractivity contribution in [2.75, 3.05) is 19.8 Å². The van der Waals surface area contributed by atoms with Crippen LogP contribution >= 0.6 is 0 Å². The molecule has 0 spiro atoms. The zero-order chi connectivity index (χ0) is 74.5. The van der Waals surface area contributed by atoms with Crippen LogP contribution in [0.2, 0.25) is 70.5 Å². The molecule has 0 saturated heterocycles. The minimum absolute atomic E-state index is 0. The minimum atomic E-state index is -1.66. The van der Waals surface area contributed by atoms with Crippen molar-refractivity contribution in [3.8, 4) is 51.4 Å². The largest absolute Gasteiger partial charge is 0.494 e. The van der Waals surface area contributed by atoms with Crippen LogP contribution in [0, 0.1) is 11.8 Å². The molecule has 0 unspecified atom stereocenters. The van der Waals surface area contributed by atoms with Crippen LogP contribution < -0.4 is 14.2 Å². The molecule has 3 aromatic heterocycles. The molecule has 0 aliphatic carbocycles. The lowest BCUT2D eigenvalue weighted by atomic mass is 10.1. The van der Waals surface area contributed by atoms with Gasteiger partial charge in [0.15, 0.2) is 51.5 Å². The fraction of sp³-hybridized carbons (Fsp3) is 0.614. The number of nitrogens with zero attached hydrogens (tertiary/aromatic N) is 6. The number of hydrogen-bond donors (Lipinski definition) is 0. The van der Waals surface area contributed by atoms with E-state index in [4.69, 9.17) is 22.4 Å². The number of unbranched alkanes of at least 4 members (excludes halogenated alkanes) is 21. The second kappa shape index (κ2) is 56.8. The summed E-state index contributed by atoms with van der Waals surface area (Å²) in [4.78, 5) is 27.5. The standard InChI is InChI=1S/C32H56N2O2Si2.C27H46N2O2Si2.C23H32N2O.C5H10.CH4/c1-8-9-10-11-12-13-14-15-17-29-26-33-32(34-27-29)30-18-20-31(21-19-30)35-23-16-24-37(4,5)36-38(6,7)25-22-28(2)3;1-6-7-8-9-10-11-12-13-15-24-22-28-27(29-23-24)25-16-18-26(19-17-25)30-20-14-21-33(4,5)31-32(2)3;1-3-5-6-7-8-9-10-11-12-20-18-24-23(25-19-20)21-13-15-22(16-14-21)26-17-4-2;1-4-5(2)3;/h18-21,26-28H,8-17,22-25H2,1-7H3;16-19,22-23,32H,6-15,20-21H2,1-5H3;4,13-16,18-19H,2-3,5-12,17H2,1H3;4-5H,1H2,2-3H3;1H4.